The number of fused-ring (bicyclic) bond motifs is 6. The minimum Gasteiger partial charge on any atom is -0.309 e. The fourth-order valence-corrected chi connectivity index (χ4v) is 9.83. The van der Waals surface area contributed by atoms with E-state index in [1.165, 1.54) is 6.07 Å². The molecule has 11 aromatic rings. The number of hydrogen-bond donors (Lipinski definition) is 0. The zero-order valence-corrected chi connectivity index (χ0v) is 35.8. The molecule has 0 unspecified atom stereocenters. The SMILES string of the molecule is [C-]#[N+]c1ccccc1-c1ccc2c(c1)c1ccccc1n2-c1ccc(-c2c(C)cccc2C(F)(F)F)cc1-c1cc(-n2c3ccccc3c3cc(-c4ccccc4C#N)ccc32)ccc1[N+]#[C-]. The second-order valence-electron chi connectivity index (χ2n) is 16.5. The minimum atomic E-state index is -4.62. The lowest BCUT2D eigenvalue weighted by Crippen LogP contribution is -2.08. The maximum atomic E-state index is 14.9. The summed E-state index contributed by atoms with van der Waals surface area (Å²) in [5, 5.41) is 13.8. The lowest BCUT2D eigenvalue weighted by atomic mass is 9.91. The Bertz CT molecular complexity index is 3980. The number of hydrogen-bond acceptors (Lipinski definition) is 1. The van der Waals surface area contributed by atoms with Crippen molar-refractivity contribution in [2.75, 3.05) is 0 Å². The van der Waals surface area contributed by atoms with Gasteiger partial charge < -0.3 is 9.13 Å². The summed E-state index contributed by atoms with van der Waals surface area (Å²) in [5.74, 6) is 0. The Morgan fingerprint density at radius 2 is 1.04 bits per heavy atom. The van der Waals surface area contributed by atoms with E-state index in [2.05, 4.69) is 43.1 Å². The summed E-state index contributed by atoms with van der Waals surface area (Å²) in [6.07, 6.45) is -4.62. The highest BCUT2D eigenvalue weighted by Gasteiger charge is 2.34. The molecular weight excluding hydrogens is 836 g/mol. The summed E-state index contributed by atoms with van der Waals surface area (Å²) in [4.78, 5) is 7.83. The number of aromatic nitrogens is 2. The molecule has 0 N–H and O–H groups in total. The van der Waals surface area contributed by atoms with E-state index in [4.69, 9.17) is 13.1 Å². The largest absolute Gasteiger partial charge is 0.417 e. The first-order valence-electron chi connectivity index (χ1n) is 21.5. The molecule has 0 aliphatic heterocycles. The summed E-state index contributed by atoms with van der Waals surface area (Å²) in [7, 11) is 0. The zero-order chi connectivity index (χ0) is 46.0. The van der Waals surface area contributed by atoms with E-state index in [1.54, 1.807) is 37.3 Å². The monoisotopic (exact) mass is 869 g/mol. The van der Waals surface area contributed by atoms with Crippen LogP contribution in [0.25, 0.3) is 109 Å². The van der Waals surface area contributed by atoms with Gasteiger partial charge in [0.15, 0.2) is 11.4 Å². The number of rotatable bonds is 6. The summed E-state index contributed by atoms with van der Waals surface area (Å²) in [6, 6.07) is 61.0. The van der Waals surface area contributed by atoms with Crippen LogP contribution in [-0.2, 0) is 6.18 Å². The summed E-state index contributed by atoms with van der Waals surface area (Å²) in [5.41, 5.74) is 11.1. The highest BCUT2D eigenvalue weighted by atomic mass is 19.4. The third-order valence-electron chi connectivity index (χ3n) is 12.8. The van der Waals surface area contributed by atoms with Crippen molar-refractivity contribution < 1.29 is 13.2 Å². The third-order valence-corrected chi connectivity index (χ3v) is 12.8. The Balaban J connectivity index is 1.19. The average molecular weight is 870 g/mol. The molecule has 67 heavy (non-hydrogen) atoms. The predicted molar refractivity (Wildman–Crippen MR) is 264 cm³/mol. The van der Waals surface area contributed by atoms with Crippen molar-refractivity contribution in [2.24, 2.45) is 0 Å². The molecule has 5 nitrogen and oxygen atoms in total. The van der Waals surface area contributed by atoms with Gasteiger partial charge in [-0.15, -0.1) is 0 Å². The minimum absolute atomic E-state index is 0.0739. The van der Waals surface area contributed by atoms with E-state index >= 15 is 0 Å². The lowest BCUT2D eigenvalue weighted by Gasteiger charge is -2.20. The molecule has 11 rings (SSSR count). The van der Waals surface area contributed by atoms with Gasteiger partial charge in [-0.25, -0.2) is 9.69 Å². The van der Waals surface area contributed by atoms with Crippen molar-refractivity contribution in [3.05, 3.63) is 228 Å². The average Bonchev–Trinajstić information content (AvgIpc) is 3.87. The van der Waals surface area contributed by atoms with Crippen LogP contribution in [-0.4, -0.2) is 9.13 Å². The molecule has 0 bridgehead atoms. The number of benzene rings is 9. The topological polar surface area (TPSA) is 42.4 Å². The molecule has 0 saturated heterocycles. The number of nitriles is 1. The van der Waals surface area contributed by atoms with Crippen molar-refractivity contribution in [3.63, 3.8) is 0 Å². The molecular formula is C59H34F3N5. The quantitative estimate of drug-likeness (QED) is 0.154. The molecule has 0 atom stereocenters. The molecule has 0 spiro atoms. The Kier molecular flexibility index (Phi) is 9.59. The van der Waals surface area contributed by atoms with Gasteiger partial charge in [0.1, 0.15) is 0 Å². The highest BCUT2D eigenvalue weighted by molar-refractivity contribution is 6.12. The van der Waals surface area contributed by atoms with Crippen LogP contribution in [0.1, 0.15) is 16.7 Å². The van der Waals surface area contributed by atoms with Crippen molar-refractivity contribution in [3.8, 4) is 62.0 Å². The van der Waals surface area contributed by atoms with E-state index in [-0.39, 0.29) is 5.56 Å². The molecule has 0 aliphatic rings. The Hall–Kier alpha value is -9.16. The fourth-order valence-electron chi connectivity index (χ4n) is 9.83. The van der Waals surface area contributed by atoms with E-state index in [0.717, 1.165) is 77.6 Å². The van der Waals surface area contributed by atoms with Crippen molar-refractivity contribution in [2.45, 2.75) is 13.1 Å². The van der Waals surface area contributed by atoms with Crippen molar-refractivity contribution >= 4 is 55.0 Å². The van der Waals surface area contributed by atoms with Crippen LogP contribution >= 0.6 is 0 Å². The summed E-state index contributed by atoms with van der Waals surface area (Å²) >= 11 is 0. The van der Waals surface area contributed by atoms with Crippen molar-refractivity contribution in [1.82, 2.24) is 9.13 Å². The number of para-hydroxylation sites is 3. The van der Waals surface area contributed by atoms with Crippen LogP contribution in [0.15, 0.2) is 188 Å². The van der Waals surface area contributed by atoms with E-state index in [0.29, 0.717) is 44.9 Å². The normalized spacial score (nSPS) is 11.5. The second kappa shape index (κ2) is 15.8. The van der Waals surface area contributed by atoms with E-state index < -0.39 is 11.7 Å². The van der Waals surface area contributed by atoms with Crippen LogP contribution in [0.2, 0.25) is 0 Å². The van der Waals surface area contributed by atoms with Gasteiger partial charge in [-0.05, 0) is 130 Å². The van der Waals surface area contributed by atoms with Gasteiger partial charge in [-0.2, -0.15) is 18.4 Å². The van der Waals surface area contributed by atoms with Crippen molar-refractivity contribution in [1.29, 1.82) is 5.26 Å². The molecule has 0 amide bonds. The zero-order valence-electron chi connectivity index (χ0n) is 35.8. The second-order valence-corrected chi connectivity index (χ2v) is 16.5. The lowest BCUT2D eigenvalue weighted by molar-refractivity contribution is -0.137. The molecule has 2 heterocycles. The Morgan fingerprint density at radius 3 is 1.73 bits per heavy atom. The van der Waals surface area contributed by atoms with Gasteiger partial charge in [0.25, 0.3) is 0 Å². The fraction of sp³-hybridized carbons (Fsp3) is 0.0339. The van der Waals surface area contributed by atoms with Gasteiger partial charge in [-0.3, -0.25) is 0 Å². The number of alkyl halides is 3. The van der Waals surface area contributed by atoms with Gasteiger partial charge in [0.2, 0.25) is 0 Å². The third kappa shape index (κ3) is 6.61. The summed E-state index contributed by atoms with van der Waals surface area (Å²) in [6.45, 7) is 18.0. The standard InChI is InChI=1S/C59H34F3N5/c1-36-13-12-19-50(59(60,61)62)58(36)39-25-30-57(67-54-22-11-8-18-45(54)48-32-38(24-29-56(48)67)43-16-6-9-20-51(43)64-2)49(33-39)46-34-41(26-27-52(46)65-3)66-53-21-10-7-17-44(53)47-31-37(23-28-55(47)66)42-15-5-4-14-40(42)35-63/h4-34H,1H3. The molecule has 316 valence electrons. The van der Waals surface area contributed by atoms with Gasteiger partial charge in [0.05, 0.1) is 58.1 Å². The van der Waals surface area contributed by atoms with Crippen LogP contribution in [0.5, 0.6) is 0 Å². The molecule has 0 fully saturated rings. The molecule has 9 aromatic carbocycles. The van der Waals surface area contributed by atoms with Crippen LogP contribution < -0.4 is 0 Å². The molecule has 2 aromatic heterocycles. The smallest absolute Gasteiger partial charge is 0.309 e. The van der Waals surface area contributed by atoms with Crippen LogP contribution in [0.3, 0.4) is 0 Å². The molecule has 0 saturated carbocycles. The highest BCUT2D eigenvalue weighted by Crippen LogP contribution is 2.46. The van der Waals surface area contributed by atoms with Gasteiger partial charge in [0, 0.05) is 27.2 Å². The first-order chi connectivity index (χ1) is 32.7. The van der Waals surface area contributed by atoms with Gasteiger partial charge in [-0.1, -0.05) is 115 Å². The van der Waals surface area contributed by atoms with E-state index in [9.17, 15) is 18.4 Å². The first-order valence-corrected chi connectivity index (χ1v) is 21.5. The Labute approximate surface area is 383 Å². The molecule has 8 heteroatoms. The maximum Gasteiger partial charge on any atom is 0.417 e. The van der Waals surface area contributed by atoms with E-state index in [1.807, 2.05) is 127 Å². The van der Waals surface area contributed by atoms with Gasteiger partial charge >= 0.3 is 6.18 Å². The summed E-state index contributed by atoms with van der Waals surface area (Å²) < 4.78 is 48.8. The number of aryl methyl sites for hydroxylation is 1. The number of nitrogens with zero attached hydrogens (tertiary/aromatic N) is 5. The first kappa shape index (κ1) is 40.6. The predicted octanol–water partition coefficient (Wildman–Crippen LogP) is 16.8. The molecule has 0 radical (unpaired) electrons. The number of halogens is 3. The van der Waals surface area contributed by atoms with Crippen LogP contribution in [0.4, 0.5) is 24.5 Å². The van der Waals surface area contributed by atoms with Crippen LogP contribution in [0, 0.1) is 31.4 Å². The Morgan fingerprint density at radius 1 is 0.478 bits per heavy atom. The molecule has 0 aliphatic carbocycles. The maximum absolute atomic E-state index is 14.9.